The number of rotatable bonds is 9. The molecule has 4 rings (SSSR count). The lowest BCUT2D eigenvalue weighted by Gasteiger charge is -2.36. The van der Waals surface area contributed by atoms with Crippen LogP contribution < -0.4 is 16.1 Å². The molecule has 2 aliphatic heterocycles. The number of amides is 5. The fourth-order valence-corrected chi connectivity index (χ4v) is 7.80. The first-order valence-electron chi connectivity index (χ1n) is 21.1. The van der Waals surface area contributed by atoms with Crippen molar-refractivity contribution in [3.63, 3.8) is 0 Å². The van der Waals surface area contributed by atoms with Gasteiger partial charge in [0.1, 0.15) is 29.8 Å². The second-order valence-corrected chi connectivity index (χ2v) is 19.5. The van der Waals surface area contributed by atoms with E-state index >= 15 is 0 Å². The van der Waals surface area contributed by atoms with E-state index in [0.29, 0.717) is 36.4 Å². The average Bonchev–Trinajstić information content (AvgIpc) is 3.92. The molecule has 0 unspecified atom stereocenters. The van der Waals surface area contributed by atoms with Crippen molar-refractivity contribution in [1.29, 1.82) is 0 Å². The van der Waals surface area contributed by atoms with E-state index < -0.39 is 66.0 Å². The van der Waals surface area contributed by atoms with E-state index in [2.05, 4.69) is 10.6 Å². The van der Waals surface area contributed by atoms with Gasteiger partial charge in [-0.1, -0.05) is 57.2 Å². The van der Waals surface area contributed by atoms with Crippen molar-refractivity contribution >= 4 is 53.9 Å². The lowest BCUT2D eigenvalue weighted by atomic mass is 9.74. The van der Waals surface area contributed by atoms with E-state index in [1.165, 1.54) is 9.80 Å². The van der Waals surface area contributed by atoms with Crippen LogP contribution in [0.1, 0.15) is 126 Å². The Morgan fingerprint density at radius 2 is 1.59 bits per heavy atom. The Bertz CT molecular complexity index is 1630. The number of carbonyl (C=O) groups is 5. The number of ether oxygens (including phenoxy) is 1. The molecule has 324 valence electrons. The van der Waals surface area contributed by atoms with Crippen molar-refractivity contribution in [2.75, 3.05) is 27.7 Å². The van der Waals surface area contributed by atoms with Gasteiger partial charge in [0.25, 0.3) is 0 Å². The molecule has 13 nitrogen and oxygen atoms in total. The van der Waals surface area contributed by atoms with Crippen LogP contribution in [-0.2, 0) is 39.6 Å². The lowest BCUT2D eigenvalue weighted by molar-refractivity contribution is -0.147. The molecule has 5 amide bonds. The summed E-state index contributed by atoms with van der Waals surface area (Å²) in [7, 11) is 4.24. The Kier molecular flexibility index (Phi) is 15.8. The second-order valence-electron chi connectivity index (χ2n) is 19.0. The van der Waals surface area contributed by atoms with Crippen LogP contribution in [0.25, 0.3) is 0 Å². The van der Waals surface area contributed by atoms with Crippen molar-refractivity contribution in [2.45, 2.75) is 167 Å². The summed E-state index contributed by atoms with van der Waals surface area (Å²) in [5.41, 5.74) is -0.526. The molecule has 4 atom stereocenters. The summed E-state index contributed by atoms with van der Waals surface area (Å²) in [5, 5.41) is 6.27. The molecule has 0 radical (unpaired) electrons. The summed E-state index contributed by atoms with van der Waals surface area (Å²) < 4.78 is 18.3. The van der Waals surface area contributed by atoms with Crippen LogP contribution in [0.2, 0.25) is 5.02 Å². The first kappa shape index (κ1) is 47.3. The van der Waals surface area contributed by atoms with Crippen LogP contribution in [-0.4, -0.2) is 120 Å². The lowest BCUT2D eigenvalue weighted by Crippen LogP contribution is -2.59. The number of likely N-dealkylation sites (N-methyl/N-ethyl adjacent to an activating group) is 3. The molecule has 3 aliphatic rings. The molecule has 2 saturated heterocycles. The van der Waals surface area contributed by atoms with Gasteiger partial charge in [0.05, 0.1) is 11.2 Å². The average molecular weight is 830 g/mol. The van der Waals surface area contributed by atoms with Gasteiger partial charge in [-0.25, -0.2) is 4.79 Å². The predicted molar refractivity (Wildman–Crippen MR) is 227 cm³/mol. The van der Waals surface area contributed by atoms with E-state index in [9.17, 15) is 24.0 Å². The van der Waals surface area contributed by atoms with Gasteiger partial charge in [0.15, 0.2) is 0 Å². The summed E-state index contributed by atoms with van der Waals surface area (Å²) in [5.74, 6) is -1.54. The highest BCUT2D eigenvalue weighted by molar-refractivity contribution is 6.62. The van der Waals surface area contributed by atoms with Crippen molar-refractivity contribution in [3.05, 3.63) is 28.8 Å². The highest BCUT2D eigenvalue weighted by atomic mass is 35.5. The van der Waals surface area contributed by atoms with Crippen LogP contribution in [0.5, 0.6) is 0 Å². The summed E-state index contributed by atoms with van der Waals surface area (Å²) in [6, 6.07) is 1.73. The summed E-state index contributed by atoms with van der Waals surface area (Å²) in [4.78, 5) is 75.2. The predicted octanol–water partition coefficient (Wildman–Crippen LogP) is 5.48. The van der Waals surface area contributed by atoms with Gasteiger partial charge in [-0.2, -0.15) is 0 Å². The fraction of sp³-hybridized carbons (Fsp3) is 0.744. The minimum absolute atomic E-state index is 0.00284. The van der Waals surface area contributed by atoms with Crippen LogP contribution in [0, 0.1) is 11.8 Å². The number of alkyl carbamates (subject to hydrolysis) is 1. The van der Waals surface area contributed by atoms with Crippen molar-refractivity contribution in [2.24, 2.45) is 11.8 Å². The zero-order valence-corrected chi connectivity index (χ0v) is 37.8. The second kappa shape index (κ2) is 19.4. The molecule has 1 saturated carbocycles. The van der Waals surface area contributed by atoms with Gasteiger partial charge in [-0.15, -0.1) is 0 Å². The Balaban J connectivity index is 1.67. The molecule has 1 aromatic rings. The maximum atomic E-state index is 14.7. The molecule has 0 spiro atoms. The van der Waals surface area contributed by atoms with Gasteiger partial charge in [0, 0.05) is 39.1 Å². The van der Waals surface area contributed by atoms with Crippen molar-refractivity contribution in [3.8, 4) is 0 Å². The van der Waals surface area contributed by atoms with E-state index in [0.717, 1.165) is 44.0 Å². The third kappa shape index (κ3) is 12.3. The number of hydrogen-bond donors (Lipinski definition) is 2. The number of halogens is 1. The van der Waals surface area contributed by atoms with Gasteiger partial charge in [0.2, 0.25) is 23.6 Å². The molecular weight excluding hydrogens is 761 g/mol. The smallest absolute Gasteiger partial charge is 0.444 e. The molecule has 58 heavy (non-hydrogen) atoms. The van der Waals surface area contributed by atoms with E-state index in [1.807, 2.05) is 47.6 Å². The Hall–Kier alpha value is -3.36. The quantitative estimate of drug-likeness (QED) is 0.311. The van der Waals surface area contributed by atoms with Gasteiger partial charge in [-0.05, 0) is 116 Å². The molecule has 1 aliphatic carbocycles. The van der Waals surface area contributed by atoms with Crippen molar-refractivity contribution in [1.82, 2.24) is 25.3 Å². The van der Waals surface area contributed by atoms with Gasteiger partial charge < -0.3 is 39.4 Å². The van der Waals surface area contributed by atoms with E-state index in [-0.39, 0.29) is 30.1 Å². The molecule has 0 bridgehead atoms. The van der Waals surface area contributed by atoms with Crippen LogP contribution in [0.4, 0.5) is 4.79 Å². The zero-order chi connectivity index (χ0) is 43.3. The molecule has 1 aromatic carbocycles. The van der Waals surface area contributed by atoms with E-state index in [1.54, 1.807) is 58.9 Å². The largest absolute Gasteiger partial charge is 0.495 e. The SMILES string of the molecule is CC(C)C[C@@H]1NC(=O)[C@@H](N(C)C(=O)[C@@H](NC(=O)OC(C)(C)C)C2CC2)CCCCCCCN(C)C(=O)[C@H](Cc2cc(Cl)ccc2B2OC(C)(C)C(C)(C)O2)N(C)C1=O. The van der Waals surface area contributed by atoms with Crippen LogP contribution in [0.15, 0.2) is 18.2 Å². The molecule has 3 fully saturated rings. The normalized spacial score (nSPS) is 24.4. The maximum Gasteiger partial charge on any atom is 0.495 e. The number of hydrogen-bond acceptors (Lipinski definition) is 8. The Morgan fingerprint density at radius 3 is 2.17 bits per heavy atom. The molecule has 15 heteroatoms. The monoisotopic (exact) mass is 829 g/mol. The topological polar surface area (TPSA) is 147 Å². The Labute approximate surface area is 352 Å². The van der Waals surface area contributed by atoms with E-state index in [4.69, 9.17) is 25.6 Å². The third-order valence-corrected chi connectivity index (χ3v) is 12.2. The first-order chi connectivity index (χ1) is 26.9. The van der Waals surface area contributed by atoms with Crippen LogP contribution in [0.3, 0.4) is 0 Å². The maximum absolute atomic E-state index is 14.7. The minimum atomic E-state index is -0.988. The number of nitrogens with zero attached hydrogens (tertiary/aromatic N) is 3. The Morgan fingerprint density at radius 1 is 0.983 bits per heavy atom. The number of benzene rings is 1. The molecular formula is C43H69BClN5O8. The third-order valence-electron chi connectivity index (χ3n) is 11.9. The molecule has 0 aromatic heterocycles. The van der Waals surface area contributed by atoms with Crippen LogP contribution >= 0.6 is 11.6 Å². The molecule has 2 N–H and O–H groups in total. The minimum Gasteiger partial charge on any atom is -0.444 e. The highest BCUT2D eigenvalue weighted by Crippen LogP contribution is 2.37. The first-order valence-corrected chi connectivity index (χ1v) is 21.5. The van der Waals surface area contributed by atoms with Gasteiger partial charge >= 0.3 is 13.2 Å². The number of nitrogens with one attached hydrogen (secondary N) is 2. The highest BCUT2D eigenvalue weighted by Gasteiger charge is 2.52. The molecule has 2 heterocycles. The number of carbonyl (C=O) groups excluding carboxylic acids is 5. The summed E-state index contributed by atoms with van der Waals surface area (Å²) in [6.45, 7) is 17.6. The van der Waals surface area contributed by atoms with Gasteiger partial charge in [-0.3, -0.25) is 19.2 Å². The summed E-state index contributed by atoms with van der Waals surface area (Å²) in [6.07, 6.45) is 5.68. The summed E-state index contributed by atoms with van der Waals surface area (Å²) >= 11 is 6.58. The zero-order valence-electron chi connectivity index (χ0n) is 37.0. The standard InChI is InChI=1S/C43H69BClN5O8/c1-27(2)24-32-37(52)50(12)34(26-29-25-30(45)21-22-31(29)44-57-42(6,7)43(8,9)58-44)38(53)48(10)23-17-15-13-14-16-18-33(36(51)46-32)49(11)39(54)35(28-19-20-28)47-40(55)56-41(3,4)5/h21-22,25,27-28,32-35H,13-20,23-24,26H2,1-12H3,(H,46,51)(H,47,55)/t32-,33-,34-,35-/m0/s1. The van der Waals surface area contributed by atoms with Crippen molar-refractivity contribution < 1.29 is 38.0 Å². The fourth-order valence-electron chi connectivity index (χ4n) is 7.61.